The highest BCUT2D eigenvalue weighted by molar-refractivity contribution is 4.95. The minimum absolute atomic E-state index is 0.132. The van der Waals surface area contributed by atoms with Crippen molar-refractivity contribution >= 4 is 0 Å². The Hall–Kier alpha value is -0.440. The molecule has 2 N–H and O–H groups in total. The molecule has 172 valence electrons. The topological polar surface area (TPSA) is 124 Å². The number of hydrogen-bond acceptors (Lipinski definition) is 11. The Morgan fingerprint density at radius 1 is 0.621 bits per heavy atom. The van der Waals surface area contributed by atoms with Crippen LogP contribution < -0.4 is 0 Å². The van der Waals surface area contributed by atoms with Gasteiger partial charge < -0.3 is 52.8 Å². The second-order valence-electron chi connectivity index (χ2n) is 6.91. The second-order valence-corrected chi connectivity index (χ2v) is 6.91. The average molecular weight is 426 g/mol. The Morgan fingerprint density at radius 3 is 1.69 bits per heavy atom. The summed E-state index contributed by atoms with van der Waals surface area (Å²) in [5, 5.41) is 20.8. The van der Waals surface area contributed by atoms with Crippen molar-refractivity contribution in [1.29, 1.82) is 0 Å². The Balaban J connectivity index is 2.28. The van der Waals surface area contributed by atoms with Crippen molar-refractivity contribution in [2.24, 2.45) is 0 Å². The molecule has 2 fully saturated rings. The van der Waals surface area contributed by atoms with Gasteiger partial charge in [-0.05, 0) is 0 Å². The van der Waals surface area contributed by atoms with Crippen molar-refractivity contribution in [3.8, 4) is 0 Å². The maximum atomic E-state index is 10.5. The van der Waals surface area contributed by atoms with Crippen molar-refractivity contribution in [3.05, 3.63) is 0 Å². The van der Waals surface area contributed by atoms with Crippen molar-refractivity contribution in [2.45, 2.75) is 61.4 Å². The van der Waals surface area contributed by atoms with E-state index in [1.807, 2.05) is 0 Å². The van der Waals surface area contributed by atoms with Crippen LogP contribution >= 0.6 is 0 Å². The molecule has 11 heteroatoms. The number of methoxy groups -OCH3 is 6. The maximum absolute atomic E-state index is 10.5. The van der Waals surface area contributed by atoms with Crippen LogP contribution in [-0.2, 0) is 42.6 Å². The van der Waals surface area contributed by atoms with E-state index in [0.717, 1.165) is 0 Å². The van der Waals surface area contributed by atoms with E-state index in [9.17, 15) is 10.2 Å². The predicted octanol–water partition coefficient (Wildman–Crippen LogP) is -1.47. The summed E-state index contributed by atoms with van der Waals surface area (Å²) in [4.78, 5) is 0. The van der Waals surface area contributed by atoms with Crippen molar-refractivity contribution in [2.75, 3.05) is 55.9 Å². The van der Waals surface area contributed by atoms with Gasteiger partial charge in [0.05, 0.1) is 13.2 Å². The first kappa shape index (κ1) is 24.8. The van der Waals surface area contributed by atoms with Crippen LogP contribution in [0.25, 0.3) is 0 Å². The van der Waals surface area contributed by atoms with Gasteiger partial charge in [-0.15, -0.1) is 0 Å². The zero-order chi connectivity index (χ0) is 21.6. The van der Waals surface area contributed by atoms with Crippen LogP contribution in [0.4, 0.5) is 0 Å². The van der Waals surface area contributed by atoms with E-state index in [4.69, 9.17) is 42.6 Å². The summed E-state index contributed by atoms with van der Waals surface area (Å²) in [5.74, 6) is 0. The van der Waals surface area contributed by atoms with E-state index in [1.54, 1.807) is 0 Å². The summed E-state index contributed by atoms with van der Waals surface area (Å²) in [7, 11) is 8.89. The first-order chi connectivity index (χ1) is 14.0. The maximum Gasteiger partial charge on any atom is 0.187 e. The van der Waals surface area contributed by atoms with Gasteiger partial charge in [0.15, 0.2) is 12.6 Å². The zero-order valence-electron chi connectivity index (χ0n) is 17.8. The summed E-state index contributed by atoms with van der Waals surface area (Å²) in [6, 6.07) is 0. The van der Waals surface area contributed by atoms with E-state index in [0.29, 0.717) is 0 Å². The van der Waals surface area contributed by atoms with Crippen LogP contribution in [0.3, 0.4) is 0 Å². The monoisotopic (exact) mass is 426 g/mol. The molecule has 2 aliphatic rings. The minimum atomic E-state index is -1.22. The molecule has 0 amide bonds. The molecule has 0 saturated carbocycles. The molecule has 29 heavy (non-hydrogen) atoms. The lowest BCUT2D eigenvalue weighted by molar-refractivity contribution is -0.362. The number of hydrogen-bond donors (Lipinski definition) is 2. The van der Waals surface area contributed by atoms with Gasteiger partial charge >= 0.3 is 0 Å². The van der Waals surface area contributed by atoms with Crippen molar-refractivity contribution in [1.82, 2.24) is 0 Å². The van der Waals surface area contributed by atoms with E-state index >= 15 is 0 Å². The predicted molar refractivity (Wildman–Crippen MR) is 97.4 cm³/mol. The van der Waals surface area contributed by atoms with Gasteiger partial charge in [0.2, 0.25) is 0 Å². The third-order valence-electron chi connectivity index (χ3n) is 5.27. The molecule has 2 aliphatic heterocycles. The fourth-order valence-corrected chi connectivity index (χ4v) is 3.85. The van der Waals surface area contributed by atoms with E-state index in [1.165, 1.54) is 42.7 Å². The number of aliphatic hydroxyl groups is 2. The molecule has 4 unspecified atom stereocenters. The smallest absolute Gasteiger partial charge is 0.187 e. The molecule has 2 saturated heterocycles. The Labute approximate surface area is 171 Å². The van der Waals surface area contributed by atoms with Crippen molar-refractivity contribution < 1.29 is 52.8 Å². The number of aliphatic hydroxyl groups excluding tert-OH is 2. The minimum Gasteiger partial charge on any atom is -0.387 e. The van der Waals surface area contributed by atoms with Gasteiger partial charge in [0.25, 0.3) is 0 Å². The Morgan fingerprint density at radius 2 is 1.17 bits per heavy atom. The number of ether oxygens (including phenoxy) is 9. The van der Waals surface area contributed by atoms with Gasteiger partial charge in [0, 0.05) is 42.7 Å². The van der Waals surface area contributed by atoms with Crippen LogP contribution in [0.2, 0.25) is 0 Å². The van der Waals surface area contributed by atoms with Crippen LogP contribution in [0.5, 0.6) is 0 Å². The molecule has 0 spiro atoms. The second kappa shape index (κ2) is 11.8. The Kier molecular flexibility index (Phi) is 10.1. The normalized spacial score (nSPS) is 43.4. The molecule has 11 nitrogen and oxygen atoms in total. The van der Waals surface area contributed by atoms with Crippen LogP contribution in [0, 0.1) is 0 Å². The third-order valence-corrected chi connectivity index (χ3v) is 5.27. The van der Waals surface area contributed by atoms with Crippen LogP contribution in [0.15, 0.2) is 0 Å². The van der Waals surface area contributed by atoms with Crippen LogP contribution in [0.1, 0.15) is 0 Å². The van der Waals surface area contributed by atoms with E-state index in [2.05, 4.69) is 0 Å². The molecule has 0 aromatic rings. The summed E-state index contributed by atoms with van der Waals surface area (Å²) < 4.78 is 50.0. The molecule has 0 aromatic heterocycles. The lowest BCUT2D eigenvalue weighted by Crippen LogP contribution is -2.65. The SMILES string of the molecule is COCC1O[C@H](O)C(OC)[C@H](OC)[C@@H]1O[C@H]1OC(COC)[C@H](O)[C@@H](OC)C1OC. The lowest BCUT2D eigenvalue weighted by atomic mass is 9.96. The molecule has 0 radical (unpaired) electrons. The highest BCUT2D eigenvalue weighted by Crippen LogP contribution is 2.32. The fourth-order valence-electron chi connectivity index (χ4n) is 3.85. The summed E-state index contributed by atoms with van der Waals surface area (Å²) in [6.45, 7) is 0.271. The average Bonchev–Trinajstić information content (AvgIpc) is 2.71. The van der Waals surface area contributed by atoms with Gasteiger partial charge in [-0.2, -0.15) is 0 Å². The highest BCUT2D eigenvalue weighted by Gasteiger charge is 2.52. The largest absolute Gasteiger partial charge is 0.387 e. The first-order valence-corrected chi connectivity index (χ1v) is 9.38. The quantitative estimate of drug-likeness (QED) is 0.425. The fraction of sp³-hybridized carbons (Fsp3) is 1.00. The summed E-state index contributed by atoms with van der Waals surface area (Å²) in [6.07, 6.45) is -8.15. The van der Waals surface area contributed by atoms with Gasteiger partial charge in [-0.25, -0.2) is 0 Å². The van der Waals surface area contributed by atoms with E-state index < -0.39 is 61.4 Å². The summed E-state index contributed by atoms with van der Waals surface area (Å²) in [5.41, 5.74) is 0. The lowest BCUT2D eigenvalue weighted by Gasteiger charge is -2.48. The number of rotatable bonds is 10. The van der Waals surface area contributed by atoms with Crippen LogP contribution in [-0.4, -0.2) is 127 Å². The molecule has 0 aromatic carbocycles. The van der Waals surface area contributed by atoms with Crippen molar-refractivity contribution in [3.63, 3.8) is 0 Å². The van der Waals surface area contributed by atoms with Gasteiger partial charge in [-0.3, -0.25) is 0 Å². The summed E-state index contributed by atoms with van der Waals surface area (Å²) >= 11 is 0. The molecular weight excluding hydrogens is 392 g/mol. The molecule has 2 rings (SSSR count). The molecular formula is C18H34O11. The van der Waals surface area contributed by atoms with E-state index in [-0.39, 0.29) is 13.2 Å². The molecule has 0 bridgehead atoms. The molecule has 0 aliphatic carbocycles. The first-order valence-electron chi connectivity index (χ1n) is 9.38. The molecule has 2 heterocycles. The van der Waals surface area contributed by atoms with Gasteiger partial charge in [0.1, 0.15) is 48.8 Å². The third kappa shape index (κ3) is 5.43. The zero-order valence-corrected chi connectivity index (χ0v) is 17.8. The molecule has 10 atom stereocenters. The standard InChI is InChI=1S/C18H34O11/c1-21-7-9-11(19)13(23-3)16(26-6)18(28-9)29-12-10(8-22-2)27-17(20)15(25-5)14(12)24-4/h9-20H,7-8H2,1-6H3/t9?,10?,11-,12+,13+,14+,15?,16?,17-,18+/m0/s1. The highest BCUT2D eigenvalue weighted by atomic mass is 16.7. The van der Waals surface area contributed by atoms with Gasteiger partial charge in [-0.1, -0.05) is 0 Å². The Bertz CT molecular complexity index is 467.